The van der Waals surface area contributed by atoms with E-state index in [0.717, 1.165) is 9.75 Å². The van der Waals surface area contributed by atoms with Crippen LogP contribution in [0.3, 0.4) is 0 Å². The minimum absolute atomic E-state index is 0.0180. The summed E-state index contributed by atoms with van der Waals surface area (Å²) in [5.41, 5.74) is 0. The van der Waals surface area contributed by atoms with Gasteiger partial charge in [0.2, 0.25) is 0 Å². The highest BCUT2D eigenvalue weighted by atomic mass is 32.1. The molecular weight excluding hydrogens is 307 g/mol. The number of rotatable bonds is 7. The maximum atomic E-state index is 11.9. The second kappa shape index (κ2) is 7.21. The van der Waals surface area contributed by atoms with E-state index in [1.54, 1.807) is 22.7 Å². The Morgan fingerprint density at radius 2 is 1.70 bits per heavy atom. The molecule has 110 valence electrons. The molecule has 20 heavy (non-hydrogen) atoms. The van der Waals surface area contributed by atoms with Crippen molar-refractivity contribution >= 4 is 22.7 Å². The number of nitrogens with one attached hydrogen (secondary N) is 1. The molecule has 0 spiro atoms. The van der Waals surface area contributed by atoms with Crippen molar-refractivity contribution in [2.45, 2.75) is 12.2 Å². The molecule has 0 saturated heterocycles. The van der Waals surface area contributed by atoms with Gasteiger partial charge >= 0.3 is 6.18 Å². The zero-order valence-corrected chi connectivity index (χ0v) is 12.2. The van der Waals surface area contributed by atoms with Gasteiger partial charge in [-0.2, -0.15) is 13.2 Å². The molecule has 2 heterocycles. The summed E-state index contributed by atoms with van der Waals surface area (Å²) in [4.78, 5) is 2.28. The van der Waals surface area contributed by atoms with Crippen molar-refractivity contribution in [3.63, 3.8) is 0 Å². The fourth-order valence-corrected chi connectivity index (χ4v) is 3.43. The molecule has 2 aromatic rings. The Morgan fingerprint density at radius 3 is 2.15 bits per heavy atom. The van der Waals surface area contributed by atoms with Crippen LogP contribution in [0.1, 0.15) is 15.8 Å². The molecule has 0 fully saturated rings. The van der Waals surface area contributed by atoms with Crippen LogP contribution < -0.4 is 5.32 Å². The molecular formula is C13H14F3NOS2. The summed E-state index contributed by atoms with van der Waals surface area (Å²) >= 11 is 3.24. The van der Waals surface area contributed by atoms with Gasteiger partial charge in [-0.05, 0) is 22.9 Å². The third-order valence-corrected chi connectivity index (χ3v) is 4.39. The fourth-order valence-electron chi connectivity index (χ4n) is 1.72. The van der Waals surface area contributed by atoms with E-state index in [2.05, 4.69) is 10.1 Å². The molecule has 0 atom stereocenters. The van der Waals surface area contributed by atoms with Gasteiger partial charge in [-0.3, -0.25) is 0 Å². The predicted molar refractivity (Wildman–Crippen MR) is 75.4 cm³/mol. The van der Waals surface area contributed by atoms with Crippen LogP contribution in [0.5, 0.6) is 0 Å². The van der Waals surface area contributed by atoms with E-state index in [4.69, 9.17) is 0 Å². The first-order valence-corrected chi connectivity index (χ1v) is 7.77. The topological polar surface area (TPSA) is 21.3 Å². The summed E-state index contributed by atoms with van der Waals surface area (Å²) in [6.45, 7) is -0.791. The molecule has 0 aliphatic rings. The Labute approximate surface area is 123 Å². The van der Waals surface area contributed by atoms with Crippen LogP contribution >= 0.6 is 22.7 Å². The minimum Gasteiger partial charge on any atom is -0.371 e. The third kappa shape index (κ3) is 4.90. The number of halogens is 3. The molecule has 0 amide bonds. The van der Waals surface area contributed by atoms with Gasteiger partial charge in [0.25, 0.3) is 0 Å². The van der Waals surface area contributed by atoms with Gasteiger partial charge in [-0.25, -0.2) is 0 Å². The first-order chi connectivity index (χ1) is 9.56. The summed E-state index contributed by atoms with van der Waals surface area (Å²) in [6.07, 6.45) is -4.26. The van der Waals surface area contributed by atoms with E-state index in [0.29, 0.717) is 6.54 Å². The van der Waals surface area contributed by atoms with Gasteiger partial charge < -0.3 is 10.1 Å². The number of hydrogen-bond acceptors (Lipinski definition) is 4. The first kappa shape index (κ1) is 15.5. The highest BCUT2D eigenvalue weighted by Gasteiger charge is 2.27. The minimum atomic E-state index is -4.26. The van der Waals surface area contributed by atoms with Crippen LogP contribution in [0, 0.1) is 0 Å². The molecule has 0 radical (unpaired) electrons. The molecule has 2 nitrogen and oxygen atoms in total. The van der Waals surface area contributed by atoms with Crippen LogP contribution in [0.2, 0.25) is 0 Å². The van der Waals surface area contributed by atoms with Crippen LogP contribution in [-0.2, 0) is 4.74 Å². The largest absolute Gasteiger partial charge is 0.411 e. The maximum Gasteiger partial charge on any atom is 0.411 e. The van der Waals surface area contributed by atoms with Crippen molar-refractivity contribution in [2.24, 2.45) is 0 Å². The van der Waals surface area contributed by atoms with Gasteiger partial charge in [-0.15, -0.1) is 22.7 Å². The smallest absolute Gasteiger partial charge is 0.371 e. The van der Waals surface area contributed by atoms with E-state index >= 15 is 0 Å². The molecule has 0 aliphatic heterocycles. The van der Waals surface area contributed by atoms with Crippen molar-refractivity contribution in [1.29, 1.82) is 0 Å². The molecule has 2 rings (SSSR count). The summed E-state index contributed by atoms with van der Waals surface area (Å²) in [6, 6.07) is 7.96. The zero-order valence-electron chi connectivity index (χ0n) is 10.5. The van der Waals surface area contributed by atoms with Gasteiger partial charge in [0.15, 0.2) is 0 Å². The Bertz CT molecular complexity index is 448. The lowest BCUT2D eigenvalue weighted by Gasteiger charge is -2.16. The number of ether oxygens (including phenoxy) is 1. The van der Waals surface area contributed by atoms with E-state index in [-0.39, 0.29) is 12.6 Å². The summed E-state index contributed by atoms with van der Waals surface area (Å²) in [5, 5.41) is 7.21. The lowest BCUT2D eigenvalue weighted by molar-refractivity contribution is -0.173. The maximum absolute atomic E-state index is 11.9. The summed E-state index contributed by atoms with van der Waals surface area (Å²) < 4.78 is 40.4. The zero-order chi connectivity index (χ0) is 14.4. The second-order valence-electron chi connectivity index (χ2n) is 4.09. The Kier molecular flexibility index (Phi) is 5.59. The summed E-state index contributed by atoms with van der Waals surface area (Å²) in [7, 11) is 0. The lowest BCUT2D eigenvalue weighted by atomic mass is 10.2. The average molecular weight is 321 g/mol. The van der Waals surface area contributed by atoms with E-state index in [1.807, 2.05) is 35.0 Å². The van der Waals surface area contributed by atoms with Gasteiger partial charge in [0.05, 0.1) is 12.6 Å². The van der Waals surface area contributed by atoms with Crippen molar-refractivity contribution in [1.82, 2.24) is 5.32 Å². The van der Waals surface area contributed by atoms with E-state index in [9.17, 15) is 13.2 Å². The Balaban J connectivity index is 1.84. The fraction of sp³-hybridized carbons (Fsp3) is 0.385. The molecule has 2 aromatic heterocycles. The number of alkyl halides is 3. The van der Waals surface area contributed by atoms with Crippen molar-refractivity contribution in [3.05, 3.63) is 44.8 Å². The third-order valence-electron chi connectivity index (χ3n) is 2.52. The highest BCUT2D eigenvalue weighted by molar-refractivity contribution is 7.11. The average Bonchev–Trinajstić information content (AvgIpc) is 3.05. The van der Waals surface area contributed by atoms with Crippen LogP contribution in [0.15, 0.2) is 35.0 Å². The highest BCUT2D eigenvalue weighted by Crippen LogP contribution is 2.28. The van der Waals surface area contributed by atoms with Crippen molar-refractivity contribution < 1.29 is 17.9 Å². The van der Waals surface area contributed by atoms with Crippen LogP contribution in [0.25, 0.3) is 0 Å². The standard InChI is InChI=1S/C13H14F3NOS2/c14-13(15,16)9-18-6-5-17-12(10-3-1-7-19-10)11-4-2-8-20-11/h1-4,7-8,12,17H,5-6,9H2. The molecule has 1 N–H and O–H groups in total. The second-order valence-corrected chi connectivity index (χ2v) is 6.04. The number of hydrogen-bond donors (Lipinski definition) is 1. The lowest BCUT2D eigenvalue weighted by Crippen LogP contribution is -2.27. The van der Waals surface area contributed by atoms with Gasteiger partial charge in [0, 0.05) is 16.3 Å². The normalized spacial score (nSPS) is 12.2. The monoisotopic (exact) mass is 321 g/mol. The molecule has 0 aromatic carbocycles. The van der Waals surface area contributed by atoms with E-state index in [1.165, 1.54) is 0 Å². The van der Waals surface area contributed by atoms with Gasteiger partial charge in [0.1, 0.15) is 6.61 Å². The number of thiophene rings is 2. The first-order valence-electron chi connectivity index (χ1n) is 6.01. The quantitative estimate of drug-likeness (QED) is 0.776. The SMILES string of the molecule is FC(F)(F)COCCNC(c1cccs1)c1cccs1. The van der Waals surface area contributed by atoms with Crippen LogP contribution in [0.4, 0.5) is 13.2 Å². The van der Waals surface area contributed by atoms with Gasteiger partial charge in [-0.1, -0.05) is 12.1 Å². The van der Waals surface area contributed by atoms with Crippen LogP contribution in [-0.4, -0.2) is 25.9 Å². The van der Waals surface area contributed by atoms with E-state index < -0.39 is 12.8 Å². The molecule has 7 heteroatoms. The Morgan fingerprint density at radius 1 is 1.10 bits per heavy atom. The van der Waals surface area contributed by atoms with Crippen molar-refractivity contribution in [2.75, 3.05) is 19.8 Å². The molecule has 0 bridgehead atoms. The summed E-state index contributed by atoms with van der Waals surface area (Å²) in [5.74, 6) is 0. The van der Waals surface area contributed by atoms with Crippen molar-refractivity contribution in [3.8, 4) is 0 Å². The molecule has 0 aliphatic carbocycles. The molecule has 0 saturated carbocycles. The molecule has 0 unspecified atom stereocenters. The predicted octanol–water partition coefficient (Wildman–Crippen LogP) is 4.07. The Hall–Kier alpha value is -0.890.